The molecule has 7 heteroatoms. The molecule has 1 atom stereocenters. The number of hydrogen-bond donors (Lipinski definition) is 3. The van der Waals surface area contributed by atoms with E-state index in [0.29, 0.717) is 9.90 Å². The summed E-state index contributed by atoms with van der Waals surface area (Å²) in [6.45, 7) is 3.87. The standard InChI is InChI=1S/C14H17N3O2S2/c1-9-8-11(5-6-12(9)15-3)16-14(18)17-21(19)13-7-4-10(2)20-13/h4-8,15H,1-3H3,(H2,16,17,18). The molecule has 0 aliphatic rings. The number of rotatable bonds is 4. The predicted octanol–water partition coefficient (Wildman–Crippen LogP) is 3.25. The fraction of sp³-hybridized carbons (Fsp3) is 0.214. The Morgan fingerprint density at radius 1 is 1.19 bits per heavy atom. The largest absolute Gasteiger partial charge is 0.388 e. The van der Waals surface area contributed by atoms with Crippen LogP contribution in [0.2, 0.25) is 0 Å². The molecule has 5 nitrogen and oxygen atoms in total. The maximum atomic E-state index is 12.0. The van der Waals surface area contributed by atoms with Crippen molar-refractivity contribution < 1.29 is 9.00 Å². The van der Waals surface area contributed by atoms with Crippen LogP contribution in [-0.2, 0) is 11.0 Å². The maximum absolute atomic E-state index is 12.0. The van der Waals surface area contributed by atoms with E-state index in [1.165, 1.54) is 11.3 Å². The molecule has 0 spiro atoms. The minimum Gasteiger partial charge on any atom is -0.388 e. The summed E-state index contributed by atoms with van der Waals surface area (Å²) in [5, 5.41) is 5.73. The fourth-order valence-electron chi connectivity index (χ4n) is 1.82. The second-order valence-electron chi connectivity index (χ2n) is 4.47. The van der Waals surface area contributed by atoms with E-state index in [1.54, 1.807) is 12.1 Å². The molecule has 0 bridgehead atoms. The Labute approximate surface area is 130 Å². The smallest absolute Gasteiger partial charge is 0.331 e. The minimum atomic E-state index is -1.53. The van der Waals surface area contributed by atoms with Crippen LogP contribution in [0.3, 0.4) is 0 Å². The van der Waals surface area contributed by atoms with Gasteiger partial charge in [0, 0.05) is 23.3 Å². The molecule has 0 radical (unpaired) electrons. The molecular weight excluding hydrogens is 306 g/mol. The Bertz CT molecular complexity index is 683. The van der Waals surface area contributed by atoms with E-state index in [9.17, 15) is 9.00 Å². The number of thiophene rings is 1. The van der Waals surface area contributed by atoms with Crippen molar-refractivity contribution in [2.45, 2.75) is 18.1 Å². The molecule has 1 aromatic carbocycles. The van der Waals surface area contributed by atoms with Crippen LogP contribution in [0, 0.1) is 13.8 Å². The lowest BCUT2D eigenvalue weighted by molar-refractivity contribution is 0.257. The molecule has 0 saturated heterocycles. The predicted molar refractivity (Wildman–Crippen MR) is 88.3 cm³/mol. The highest BCUT2D eigenvalue weighted by molar-refractivity contribution is 7.86. The molecule has 112 valence electrons. The van der Waals surface area contributed by atoms with Gasteiger partial charge in [-0.1, -0.05) is 0 Å². The highest BCUT2D eigenvalue weighted by atomic mass is 32.2. The van der Waals surface area contributed by atoms with Gasteiger partial charge in [0.05, 0.1) is 0 Å². The second-order valence-corrected chi connectivity index (χ2v) is 7.20. The number of urea groups is 1. The minimum absolute atomic E-state index is 0.490. The SMILES string of the molecule is CNc1ccc(NC(=O)NS(=O)c2ccc(C)s2)cc1C. The average Bonchev–Trinajstić information content (AvgIpc) is 2.85. The molecule has 2 rings (SSSR count). The summed E-state index contributed by atoms with van der Waals surface area (Å²) >= 11 is 1.40. The first-order valence-corrected chi connectivity index (χ1v) is 8.30. The topological polar surface area (TPSA) is 70.2 Å². The summed E-state index contributed by atoms with van der Waals surface area (Å²) < 4.78 is 15.0. The van der Waals surface area contributed by atoms with Gasteiger partial charge in [-0.25, -0.2) is 9.00 Å². The van der Waals surface area contributed by atoms with Gasteiger partial charge in [-0.2, -0.15) is 0 Å². The van der Waals surface area contributed by atoms with E-state index in [-0.39, 0.29) is 0 Å². The number of aryl methyl sites for hydroxylation is 2. The first-order valence-electron chi connectivity index (χ1n) is 6.34. The summed E-state index contributed by atoms with van der Waals surface area (Å²) in [4.78, 5) is 12.9. The zero-order valence-corrected chi connectivity index (χ0v) is 13.7. The maximum Gasteiger partial charge on any atom is 0.331 e. The fourth-order valence-corrected chi connectivity index (χ4v) is 3.75. The molecule has 0 aliphatic carbocycles. The Balaban J connectivity index is 1.98. The number of hydrogen-bond acceptors (Lipinski definition) is 4. The zero-order valence-electron chi connectivity index (χ0n) is 12.0. The van der Waals surface area contributed by atoms with Gasteiger partial charge < -0.3 is 10.6 Å². The van der Waals surface area contributed by atoms with Crippen LogP contribution in [0.1, 0.15) is 10.4 Å². The summed E-state index contributed by atoms with van der Waals surface area (Å²) in [6.07, 6.45) is 0. The van der Waals surface area contributed by atoms with E-state index in [4.69, 9.17) is 0 Å². The van der Waals surface area contributed by atoms with Crippen LogP contribution in [0.15, 0.2) is 34.5 Å². The van der Waals surface area contributed by atoms with Crippen LogP contribution >= 0.6 is 11.3 Å². The number of nitrogens with one attached hydrogen (secondary N) is 3. The number of amides is 2. The third-order valence-corrected chi connectivity index (χ3v) is 5.21. The summed E-state index contributed by atoms with van der Waals surface area (Å²) in [5.74, 6) is 0. The first-order chi connectivity index (χ1) is 9.99. The molecule has 1 unspecified atom stereocenters. The molecule has 0 aliphatic heterocycles. The van der Waals surface area contributed by atoms with E-state index >= 15 is 0 Å². The van der Waals surface area contributed by atoms with Crippen molar-refractivity contribution in [3.63, 3.8) is 0 Å². The van der Waals surface area contributed by atoms with E-state index in [1.807, 2.05) is 39.1 Å². The summed E-state index contributed by atoms with van der Waals surface area (Å²) in [7, 11) is 0.308. The average molecular weight is 323 g/mol. The third-order valence-electron chi connectivity index (χ3n) is 2.84. The summed E-state index contributed by atoms with van der Waals surface area (Å²) in [5.41, 5.74) is 2.67. The second kappa shape index (κ2) is 6.73. The first kappa shape index (κ1) is 15.5. The molecule has 2 amide bonds. The Hall–Kier alpha value is -1.86. The van der Waals surface area contributed by atoms with Crippen molar-refractivity contribution in [1.29, 1.82) is 0 Å². The van der Waals surface area contributed by atoms with Gasteiger partial charge in [0.15, 0.2) is 11.0 Å². The third kappa shape index (κ3) is 4.05. The highest BCUT2D eigenvalue weighted by Crippen LogP contribution is 2.20. The number of anilines is 2. The lowest BCUT2D eigenvalue weighted by atomic mass is 10.2. The lowest BCUT2D eigenvalue weighted by Crippen LogP contribution is -2.30. The highest BCUT2D eigenvalue weighted by Gasteiger charge is 2.11. The summed E-state index contributed by atoms with van der Waals surface area (Å²) in [6, 6.07) is 8.65. The number of carbonyl (C=O) groups excluding carboxylic acids is 1. The normalized spacial score (nSPS) is 11.8. The Kier molecular flexibility index (Phi) is 4.98. The van der Waals surface area contributed by atoms with Crippen molar-refractivity contribution in [2.75, 3.05) is 17.7 Å². The molecule has 1 heterocycles. The molecule has 0 saturated carbocycles. The van der Waals surface area contributed by atoms with Crippen LogP contribution in [0.5, 0.6) is 0 Å². The van der Waals surface area contributed by atoms with Crippen molar-refractivity contribution >= 4 is 39.7 Å². The van der Waals surface area contributed by atoms with Crippen molar-refractivity contribution in [3.8, 4) is 0 Å². The van der Waals surface area contributed by atoms with Crippen LogP contribution in [-0.4, -0.2) is 17.3 Å². The van der Waals surface area contributed by atoms with Crippen LogP contribution in [0.4, 0.5) is 16.2 Å². The van der Waals surface area contributed by atoms with Crippen molar-refractivity contribution in [2.24, 2.45) is 0 Å². The van der Waals surface area contributed by atoms with E-state index in [2.05, 4.69) is 15.4 Å². The van der Waals surface area contributed by atoms with Gasteiger partial charge in [0.1, 0.15) is 4.21 Å². The molecule has 2 aromatic rings. The van der Waals surface area contributed by atoms with Gasteiger partial charge in [-0.3, -0.25) is 4.72 Å². The molecule has 21 heavy (non-hydrogen) atoms. The molecule has 1 aromatic heterocycles. The van der Waals surface area contributed by atoms with Crippen LogP contribution in [0.25, 0.3) is 0 Å². The molecule has 0 fully saturated rings. The Morgan fingerprint density at radius 2 is 1.95 bits per heavy atom. The van der Waals surface area contributed by atoms with Gasteiger partial charge in [-0.05, 0) is 49.7 Å². The zero-order chi connectivity index (χ0) is 15.4. The van der Waals surface area contributed by atoms with E-state index < -0.39 is 17.0 Å². The quantitative estimate of drug-likeness (QED) is 0.809. The Morgan fingerprint density at radius 3 is 2.52 bits per heavy atom. The number of benzene rings is 1. The molecule has 3 N–H and O–H groups in total. The number of carbonyl (C=O) groups is 1. The van der Waals surface area contributed by atoms with Gasteiger partial charge >= 0.3 is 6.03 Å². The monoisotopic (exact) mass is 323 g/mol. The van der Waals surface area contributed by atoms with Crippen LogP contribution < -0.4 is 15.4 Å². The van der Waals surface area contributed by atoms with Crippen molar-refractivity contribution in [3.05, 3.63) is 40.8 Å². The van der Waals surface area contributed by atoms with Gasteiger partial charge in [0.2, 0.25) is 0 Å². The lowest BCUT2D eigenvalue weighted by Gasteiger charge is -2.09. The molecular formula is C14H17N3O2S2. The van der Waals surface area contributed by atoms with Crippen molar-refractivity contribution in [1.82, 2.24) is 4.72 Å². The van der Waals surface area contributed by atoms with Gasteiger partial charge in [-0.15, -0.1) is 11.3 Å². The van der Waals surface area contributed by atoms with Gasteiger partial charge in [0.25, 0.3) is 0 Å². The van der Waals surface area contributed by atoms with E-state index in [0.717, 1.165) is 16.1 Å².